The van der Waals surface area contributed by atoms with Crippen molar-refractivity contribution >= 4 is 11.5 Å². The van der Waals surface area contributed by atoms with Crippen LogP contribution in [0.15, 0.2) is 18.3 Å². The number of nitrogen functional groups attached to an aromatic ring is 1. The SMILES string of the molecule is CCC(C)CN(C)c1cc(N)ccn1. The lowest BCUT2D eigenvalue weighted by molar-refractivity contribution is 0.558. The first kappa shape index (κ1) is 10.8. The molecule has 3 heteroatoms. The summed E-state index contributed by atoms with van der Waals surface area (Å²) in [6.45, 7) is 5.46. The largest absolute Gasteiger partial charge is 0.399 e. The summed E-state index contributed by atoms with van der Waals surface area (Å²) in [5.74, 6) is 1.63. The number of nitrogens with two attached hydrogens (primary N) is 1. The minimum absolute atomic E-state index is 0.684. The molecule has 3 nitrogen and oxygen atoms in total. The first-order valence-electron chi connectivity index (χ1n) is 5.06. The maximum absolute atomic E-state index is 5.69. The lowest BCUT2D eigenvalue weighted by Gasteiger charge is -2.21. The monoisotopic (exact) mass is 193 g/mol. The molecule has 0 aliphatic carbocycles. The Morgan fingerprint density at radius 3 is 2.86 bits per heavy atom. The molecule has 0 spiro atoms. The van der Waals surface area contributed by atoms with Crippen molar-refractivity contribution in [3.8, 4) is 0 Å². The minimum Gasteiger partial charge on any atom is -0.399 e. The predicted octanol–water partition coefficient (Wildman–Crippen LogP) is 2.15. The first-order valence-corrected chi connectivity index (χ1v) is 5.06. The topological polar surface area (TPSA) is 42.1 Å². The summed E-state index contributed by atoms with van der Waals surface area (Å²) in [4.78, 5) is 6.42. The highest BCUT2D eigenvalue weighted by molar-refractivity contribution is 5.49. The van der Waals surface area contributed by atoms with E-state index >= 15 is 0 Å². The molecule has 0 amide bonds. The van der Waals surface area contributed by atoms with E-state index in [1.165, 1.54) is 6.42 Å². The number of rotatable bonds is 4. The summed E-state index contributed by atoms with van der Waals surface area (Å²) >= 11 is 0. The molecule has 1 aromatic rings. The van der Waals surface area contributed by atoms with E-state index in [2.05, 4.69) is 23.7 Å². The van der Waals surface area contributed by atoms with Gasteiger partial charge in [-0.15, -0.1) is 0 Å². The van der Waals surface area contributed by atoms with Gasteiger partial charge >= 0.3 is 0 Å². The van der Waals surface area contributed by atoms with Gasteiger partial charge in [0, 0.05) is 31.5 Å². The third kappa shape index (κ3) is 2.91. The molecule has 0 aliphatic heterocycles. The van der Waals surface area contributed by atoms with Crippen molar-refractivity contribution in [3.05, 3.63) is 18.3 Å². The Balaban J connectivity index is 2.64. The molecule has 0 bridgehead atoms. The third-order valence-corrected chi connectivity index (χ3v) is 2.44. The Kier molecular flexibility index (Phi) is 3.74. The van der Waals surface area contributed by atoms with Crippen molar-refractivity contribution in [2.24, 2.45) is 5.92 Å². The molecule has 0 saturated heterocycles. The maximum Gasteiger partial charge on any atom is 0.130 e. The van der Waals surface area contributed by atoms with Gasteiger partial charge in [0.2, 0.25) is 0 Å². The molecule has 1 unspecified atom stereocenters. The normalized spacial score (nSPS) is 12.5. The summed E-state index contributed by atoms with van der Waals surface area (Å²) in [6.07, 6.45) is 2.93. The van der Waals surface area contributed by atoms with Crippen molar-refractivity contribution in [3.63, 3.8) is 0 Å². The molecule has 0 aliphatic rings. The highest BCUT2D eigenvalue weighted by Gasteiger charge is 2.06. The fourth-order valence-electron chi connectivity index (χ4n) is 1.33. The van der Waals surface area contributed by atoms with E-state index in [-0.39, 0.29) is 0 Å². The average molecular weight is 193 g/mol. The Morgan fingerprint density at radius 2 is 2.29 bits per heavy atom. The van der Waals surface area contributed by atoms with E-state index in [0.29, 0.717) is 5.92 Å². The molecule has 1 heterocycles. The van der Waals surface area contributed by atoms with Crippen LogP contribution >= 0.6 is 0 Å². The van der Waals surface area contributed by atoms with Crippen LogP contribution in [-0.2, 0) is 0 Å². The molecule has 2 N–H and O–H groups in total. The second-order valence-corrected chi connectivity index (χ2v) is 3.84. The molecule has 1 atom stereocenters. The minimum atomic E-state index is 0.684. The summed E-state index contributed by atoms with van der Waals surface area (Å²) in [7, 11) is 2.05. The van der Waals surface area contributed by atoms with Gasteiger partial charge in [0.25, 0.3) is 0 Å². The zero-order valence-electron chi connectivity index (χ0n) is 9.20. The van der Waals surface area contributed by atoms with Gasteiger partial charge in [-0.3, -0.25) is 0 Å². The van der Waals surface area contributed by atoms with Crippen molar-refractivity contribution in [1.82, 2.24) is 4.98 Å². The highest BCUT2D eigenvalue weighted by Crippen LogP contribution is 2.14. The Labute approximate surface area is 85.9 Å². The lowest BCUT2D eigenvalue weighted by Crippen LogP contribution is -2.24. The van der Waals surface area contributed by atoms with Crippen LogP contribution in [0, 0.1) is 5.92 Å². The smallest absolute Gasteiger partial charge is 0.130 e. The van der Waals surface area contributed by atoms with E-state index in [0.717, 1.165) is 18.1 Å². The fourth-order valence-corrected chi connectivity index (χ4v) is 1.33. The number of anilines is 2. The summed E-state index contributed by atoms with van der Waals surface area (Å²) < 4.78 is 0. The molecule has 0 aromatic carbocycles. The third-order valence-electron chi connectivity index (χ3n) is 2.44. The molecular formula is C11H19N3. The van der Waals surface area contributed by atoms with Crippen LogP contribution < -0.4 is 10.6 Å². The lowest BCUT2D eigenvalue weighted by atomic mass is 10.1. The van der Waals surface area contributed by atoms with Gasteiger partial charge < -0.3 is 10.6 Å². The predicted molar refractivity (Wildman–Crippen MR) is 61.4 cm³/mol. The van der Waals surface area contributed by atoms with Crippen LogP contribution in [0.25, 0.3) is 0 Å². The van der Waals surface area contributed by atoms with Gasteiger partial charge in [-0.1, -0.05) is 20.3 Å². The number of pyridine rings is 1. The van der Waals surface area contributed by atoms with Gasteiger partial charge in [-0.2, -0.15) is 0 Å². The second-order valence-electron chi connectivity index (χ2n) is 3.84. The van der Waals surface area contributed by atoms with Crippen molar-refractivity contribution in [2.45, 2.75) is 20.3 Å². The summed E-state index contributed by atoms with van der Waals surface area (Å²) in [6, 6.07) is 3.71. The maximum atomic E-state index is 5.69. The number of hydrogen-bond acceptors (Lipinski definition) is 3. The Bertz CT molecular complexity index is 286. The first-order chi connectivity index (χ1) is 6.63. The molecule has 0 saturated carbocycles. The van der Waals surface area contributed by atoms with Crippen LogP contribution in [0.4, 0.5) is 11.5 Å². The molecule has 0 radical (unpaired) electrons. The van der Waals surface area contributed by atoms with Gasteiger partial charge in [-0.25, -0.2) is 4.98 Å². The second kappa shape index (κ2) is 4.84. The van der Waals surface area contributed by atoms with Crippen LogP contribution in [0.2, 0.25) is 0 Å². The molecule has 1 aromatic heterocycles. The van der Waals surface area contributed by atoms with E-state index in [9.17, 15) is 0 Å². The molecule has 1 rings (SSSR count). The van der Waals surface area contributed by atoms with Gasteiger partial charge in [0.05, 0.1) is 0 Å². The van der Waals surface area contributed by atoms with Crippen molar-refractivity contribution in [1.29, 1.82) is 0 Å². The zero-order chi connectivity index (χ0) is 10.6. The quantitative estimate of drug-likeness (QED) is 0.796. The van der Waals surface area contributed by atoms with Crippen LogP contribution in [-0.4, -0.2) is 18.6 Å². The number of nitrogens with zero attached hydrogens (tertiary/aromatic N) is 2. The number of aromatic nitrogens is 1. The van der Waals surface area contributed by atoms with E-state index in [1.54, 1.807) is 12.3 Å². The van der Waals surface area contributed by atoms with Crippen molar-refractivity contribution in [2.75, 3.05) is 24.2 Å². The van der Waals surface area contributed by atoms with E-state index < -0.39 is 0 Å². The van der Waals surface area contributed by atoms with Gasteiger partial charge in [0.15, 0.2) is 0 Å². The highest BCUT2D eigenvalue weighted by atomic mass is 15.2. The van der Waals surface area contributed by atoms with Crippen LogP contribution in [0.1, 0.15) is 20.3 Å². The molecule has 78 valence electrons. The van der Waals surface area contributed by atoms with Crippen LogP contribution in [0.3, 0.4) is 0 Å². The van der Waals surface area contributed by atoms with Gasteiger partial charge in [0.1, 0.15) is 5.82 Å². The molecule has 0 fully saturated rings. The number of hydrogen-bond donors (Lipinski definition) is 1. The van der Waals surface area contributed by atoms with E-state index in [1.807, 2.05) is 13.1 Å². The zero-order valence-corrected chi connectivity index (χ0v) is 9.20. The van der Waals surface area contributed by atoms with E-state index in [4.69, 9.17) is 5.73 Å². The summed E-state index contributed by atoms with van der Waals surface area (Å²) in [5.41, 5.74) is 6.46. The summed E-state index contributed by atoms with van der Waals surface area (Å²) in [5, 5.41) is 0. The Hall–Kier alpha value is -1.25. The fraction of sp³-hybridized carbons (Fsp3) is 0.545. The molecule has 14 heavy (non-hydrogen) atoms. The van der Waals surface area contributed by atoms with Crippen LogP contribution in [0.5, 0.6) is 0 Å². The average Bonchev–Trinajstić information content (AvgIpc) is 2.17. The van der Waals surface area contributed by atoms with Crippen molar-refractivity contribution < 1.29 is 0 Å². The molecular weight excluding hydrogens is 174 g/mol. The van der Waals surface area contributed by atoms with Gasteiger partial charge in [-0.05, 0) is 12.0 Å². The Morgan fingerprint density at radius 1 is 1.57 bits per heavy atom. The standard InChI is InChI=1S/C11H19N3/c1-4-9(2)8-14(3)11-7-10(12)5-6-13-11/h5-7,9H,4,8H2,1-3H3,(H2,12,13).